The lowest BCUT2D eigenvalue weighted by Gasteiger charge is -2.31. The van der Waals surface area contributed by atoms with E-state index in [1.807, 2.05) is 30.3 Å². The molecule has 1 aliphatic rings. The monoisotopic (exact) mass is 624 g/mol. The highest BCUT2D eigenvalue weighted by Gasteiger charge is 2.31. The number of alkyl halides is 3. The largest absolute Gasteiger partial charge is 0.573 e. The number of para-hydroxylation sites is 1. The van der Waals surface area contributed by atoms with Crippen molar-refractivity contribution in [3.05, 3.63) is 95.9 Å². The van der Waals surface area contributed by atoms with Crippen molar-refractivity contribution in [2.75, 3.05) is 17.2 Å². The summed E-state index contributed by atoms with van der Waals surface area (Å²) in [5, 5.41) is 7.79. The van der Waals surface area contributed by atoms with E-state index in [-0.39, 0.29) is 5.75 Å². The van der Waals surface area contributed by atoms with E-state index in [1.54, 1.807) is 11.8 Å². The van der Waals surface area contributed by atoms with E-state index in [4.69, 9.17) is 0 Å². The zero-order valence-corrected chi connectivity index (χ0v) is 24.9. The molecule has 1 saturated heterocycles. The van der Waals surface area contributed by atoms with Crippen molar-refractivity contribution in [3.8, 4) is 22.8 Å². The first-order valence-electron chi connectivity index (χ1n) is 13.2. The first-order chi connectivity index (χ1) is 20.6. The van der Waals surface area contributed by atoms with Gasteiger partial charge in [-0.15, -0.1) is 30.9 Å². The van der Waals surface area contributed by atoms with Crippen LogP contribution in [0.15, 0.2) is 84.2 Å². The summed E-state index contributed by atoms with van der Waals surface area (Å²) in [5.74, 6) is 0.997. The van der Waals surface area contributed by atoms with Crippen LogP contribution >= 0.6 is 24.4 Å². The normalized spacial score (nSPS) is 15.1. The van der Waals surface area contributed by atoms with Gasteiger partial charge in [0, 0.05) is 34.7 Å². The third kappa shape index (κ3) is 7.59. The standard InChI is InChI=1S/C30H27F3N6O2S2/c1-19-5-3-6-20(2)26(19)38-15-4-16-43-29(38)36-28(40)34-17-25(42)21-7-9-22(10-8-21)27-35-18-39(37-27)23-11-13-24(14-12-23)41-30(31,32)33/h3,5-14,17-18,42H,4,15-16H2,1-2H3,(H,34,40)/b25-17-,36-29-. The summed E-state index contributed by atoms with van der Waals surface area (Å²) in [6.07, 6.45) is -0.788. The topological polar surface area (TPSA) is 84.6 Å². The molecule has 0 spiro atoms. The summed E-state index contributed by atoms with van der Waals surface area (Å²) >= 11 is 6.10. The number of amides is 2. The van der Waals surface area contributed by atoms with E-state index < -0.39 is 12.4 Å². The zero-order chi connectivity index (χ0) is 30.6. The fraction of sp³-hybridized carbons (Fsp3) is 0.200. The summed E-state index contributed by atoms with van der Waals surface area (Å²) in [6.45, 7) is 4.91. The molecule has 0 radical (unpaired) electrons. The van der Waals surface area contributed by atoms with Crippen molar-refractivity contribution in [3.63, 3.8) is 0 Å². The van der Waals surface area contributed by atoms with Gasteiger partial charge in [0.05, 0.1) is 5.69 Å². The Morgan fingerprint density at radius 3 is 2.44 bits per heavy atom. The lowest BCUT2D eigenvalue weighted by molar-refractivity contribution is -0.274. The predicted octanol–water partition coefficient (Wildman–Crippen LogP) is 7.39. The molecular weight excluding hydrogens is 597 g/mol. The summed E-state index contributed by atoms with van der Waals surface area (Å²) in [4.78, 5) is 24.0. The van der Waals surface area contributed by atoms with Crippen LogP contribution in [0.3, 0.4) is 0 Å². The van der Waals surface area contributed by atoms with Crippen LogP contribution in [0.1, 0.15) is 23.1 Å². The molecular formula is C30H27F3N6O2S2. The molecule has 1 fully saturated rings. The molecule has 0 unspecified atom stereocenters. The average molecular weight is 625 g/mol. The SMILES string of the molecule is Cc1cccc(C)c1N1CCCS/C1=N\C(=O)N/C=C(\S)c1ccc(-c2ncn(-c3ccc(OC(F)(F)F)cc3)n2)cc1. The van der Waals surface area contributed by atoms with Gasteiger partial charge < -0.3 is 15.0 Å². The Morgan fingerprint density at radius 2 is 1.77 bits per heavy atom. The number of nitrogens with one attached hydrogen (secondary N) is 1. The van der Waals surface area contributed by atoms with E-state index in [2.05, 4.69) is 68.6 Å². The molecule has 1 aliphatic heterocycles. The molecule has 0 saturated carbocycles. The minimum atomic E-state index is -4.76. The number of carbonyl (C=O) groups is 1. The minimum absolute atomic E-state index is 0.321. The molecule has 13 heteroatoms. The number of benzene rings is 3. The molecule has 3 aromatic carbocycles. The highest BCUT2D eigenvalue weighted by molar-refractivity contribution is 8.14. The maximum atomic E-state index is 12.7. The van der Waals surface area contributed by atoms with Gasteiger partial charge in [-0.2, -0.15) is 4.99 Å². The lowest BCUT2D eigenvalue weighted by Crippen LogP contribution is -2.36. The van der Waals surface area contributed by atoms with Crippen LogP contribution < -0.4 is 15.0 Å². The van der Waals surface area contributed by atoms with Gasteiger partial charge >= 0.3 is 12.4 Å². The van der Waals surface area contributed by atoms with Gasteiger partial charge in [-0.05, 0) is 61.2 Å². The van der Waals surface area contributed by atoms with Crippen LogP contribution in [-0.2, 0) is 0 Å². The number of aromatic nitrogens is 3. The van der Waals surface area contributed by atoms with Crippen LogP contribution in [0.25, 0.3) is 22.0 Å². The van der Waals surface area contributed by atoms with Gasteiger partial charge in [0.15, 0.2) is 11.0 Å². The quantitative estimate of drug-likeness (QED) is 0.218. The molecule has 0 aliphatic carbocycles. The van der Waals surface area contributed by atoms with Crippen molar-refractivity contribution >= 4 is 46.2 Å². The third-order valence-corrected chi connectivity index (χ3v) is 7.94. The highest BCUT2D eigenvalue weighted by Crippen LogP contribution is 2.31. The maximum Gasteiger partial charge on any atom is 0.573 e. The molecule has 222 valence electrons. The minimum Gasteiger partial charge on any atom is -0.406 e. The fourth-order valence-corrected chi connectivity index (χ4v) is 5.69. The Kier molecular flexibility index (Phi) is 9.11. The number of rotatable bonds is 6. The molecule has 0 bridgehead atoms. The number of nitrogens with zero attached hydrogens (tertiary/aromatic N) is 5. The van der Waals surface area contributed by atoms with E-state index >= 15 is 0 Å². The number of urea groups is 1. The third-order valence-electron chi connectivity index (χ3n) is 6.49. The molecule has 1 N–H and O–H groups in total. The molecule has 1 aromatic heterocycles. The number of thioether (sulfide) groups is 1. The van der Waals surface area contributed by atoms with Crippen molar-refractivity contribution < 1.29 is 22.7 Å². The van der Waals surface area contributed by atoms with Gasteiger partial charge in [0.25, 0.3) is 0 Å². The summed E-state index contributed by atoms with van der Waals surface area (Å²) in [7, 11) is 0. The van der Waals surface area contributed by atoms with Crippen molar-refractivity contribution in [2.45, 2.75) is 26.6 Å². The van der Waals surface area contributed by atoms with Gasteiger partial charge in [-0.25, -0.2) is 14.5 Å². The number of thiol groups is 1. The number of aryl methyl sites for hydroxylation is 2. The Bertz CT molecular complexity index is 1650. The number of amidine groups is 1. The Morgan fingerprint density at radius 1 is 1.07 bits per heavy atom. The molecule has 4 aromatic rings. The van der Waals surface area contributed by atoms with Gasteiger partial charge in [0.2, 0.25) is 0 Å². The van der Waals surface area contributed by atoms with E-state index in [9.17, 15) is 18.0 Å². The number of ether oxygens (including phenoxy) is 1. The Labute approximate surface area is 256 Å². The predicted molar refractivity (Wildman–Crippen MR) is 167 cm³/mol. The summed E-state index contributed by atoms with van der Waals surface area (Å²) < 4.78 is 42.6. The molecule has 0 atom stereocenters. The second-order valence-electron chi connectivity index (χ2n) is 9.60. The average Bonchev–Trinajstić information content (AvgIpc) is 3.47. The van der Waals surface area contributed by atoms with Crippen molar-refractivity contribution in [1.82, 2.24) is 20.1 Å². The van der Waals surface area contributed by atoms with Crippen LogP contribution in [-0.4, -0.2) is 44.6 Å². The number of halogens is 3. The summed E-state index contributed by atoms with van der Waals surface area (Å²) in [6, 6.07) is 18.2. The van der Waals surface area contributed by atoms with Crippen LogP contribution in [0.5, 0.6) is 5.75 Å². The smallest absolute Gasteiger partial charge is 0.406 e. The fourth-order valence-electron chi connectivity index (χ4n) is 4.53. The van der Waals surface area contributed by atoms with E-state index in [0.29, 0.717) is 21.6 Å². The van der Waals surface area contributed by atoms with E-state index in [0.717, 1.165) is 46.7 Å². The van der Waals surface area contributed by atoms with E-state index in [1.165, 1.54) is 41.5 Å². The van der Waals surface area contributed by atoms with Gasteiger partial charge in [-0.3, -0.25) is 0 Å². The Balaban J connectivity index is 1.23. The molecule has 2 amide bonds. The van der Waals surface area contributed by atoms with Crippen LogP contribution in [0, 0.1) is 13.8 Å². The zero-order valence-electron chi connectivity index (χ0n) is 23.2. The molecule has 5 rings (SSSR count). The molecule has 43 heavy (non-hydrogen) atoms. The number of hydrogen-bond donors (Lipinski definition) is 2. The second kappa shape index (κ2) is 13.0. The lowest BCUT2D eigenvalue weighted by atomic mass is 10.1. The first kappa shape index (κ1) is 30.2. The van der Waals surface area contributed by atoms with Crippen LogP contribution in [0.4, 0.5) is 23.7 Å². The number of carbonyl (C=O) groups excluding carboxylic acids is 1. The highest BCUT2D eigenvalue weighted by atomic mass is 32.2. The molecule has 2 heterocycles. The number of hydrogen-bond acceptors (Lipinski definition) is 6. The van der Waals surface area contributed by atoms with Gasteiger partial charge in [-0.1, -0.05) is 54.2 Å². The number of aliphatic imine (C=N–C) groups is 1. The Hall–Kier alpha value is -4.23. The van der Waals surface area contributed by atoms with Crippen molar-refractivity contribution in [2.24, 2.45) is 4.99 Å². The first-order valence-corrected chi connectivity index (χ1v) is 14.6. The number of anilines is 1. The summed E-state index contributed by atoms with van der Waals surface area (Å²) in [5.41, 5.74) is 5.34. The van der Waals surface area contributed by atoms with Gasteiger partial charge in [0.1, 0.15) is 12.1 Å². The maximum absolute atomic E-state index is 12.7. The second-order valence-corrected chi connectivity index (χ2v) is 11.1. The van der Waals surface area contributed by atoms with Crippen molar-refractivity contribution in [1.29, 1.82) is 0 Å². The van der Waals surface area contributed by atoms with Crippen LogP contribution in [0.2, 0.25) is 0 Å². The molecule has 8 nitrogen and oxygen atoms in total.